The van der Waals surface area contributed by atoms with Crippen LogP contribution < -0.4 is 10.6 Å². The molecule has 4 heterocycles. The molecule has 2 aromatic heterocycles. The number of nitrogens with one attached hydrogen (secondary N) is 2. The lowest BCUT2D eigenvalue weighted by molar-refractivity contribution is -0.136. The number of aromatic nitrogens is 2. The smallest absolute Gasteiger partial charge is 0.407 e. The highest BCUT2D eigenvalue weighted by Crippen LogP contribution is 2.42. The Labute approximate surface area is 220 Å². The van der Waals surface area contributed by atoms with Crippen LogP contribution in [0.2, 0.25) is 0 Å². The highest BCUT2D eigenvalue weighted by Gasteiger charge is 2.41. The van der Waals surface area contributed by atoms with Crippen molar-refractivity contribution in [2.45, 2.75) is 63.8 Å². The SMILES string of the molecule is Cc1ncc2scnc2c1C1CC(OC(=O)NCc2ccc3c(c2F)C(=O)N([C@H]2CCC(=O)NC2=O)C3)C1. The van der Waals surface area contributed by atoms with Crippen molar-refractivity contribution in [3.8, 4) is 0 Å². The summed E-state index contributed by atoms with van der Waals surface area (Å²) in [6, 6.07) is 2.31. The number of carbonyl (C=O) groups is 4. The van der Waals surface area contributed by atoms with Crippen molar-refractivity contribution < 1.29 is 28.3 Å². The molecule has 1 atom stereocenters. The third kappa shape index (κ3) is 4.18. The lowest BCUT2D eigenvalue weighted by Gasteiger charge is -2.35. The molecule has 1 saturated carbocycles. The fourth-order valence-corrected chi connectivity index (χ4v) is 6.14. The number of halogens is 1. The van der Waals surface area contributed by atoms with Gasteiger partial charge in [0.15, 0.2) is 0 Å². The number of ether oxygens (including phenoxy) is 1. The third-order valence-electron chi connectivity index (χ3n) is 7.53. The average Bonchev–Trinajstić information content (AvgIpc) is 3.46. The molecule has 1 aliphatic carbocycles. The van der Waals surface area contributed by atoms with Gasteiger partial charge in [-0.2, -0.15) is 0 Å². The number of nitrogens with zero attached hydrogens (tertiary/aromatic N) is 3. The Morgan fingerprint density at radius 2 is 2.08 bits per heavy atom. The van der Waals surface area contributed by atoms with Gasteiger partial charge in [-0.3, -0.25) is 24.7 Å². The van der Waals surface area contributed by atoms with E-state index in [9.17, 15) is 19.2 Å². The summed E-state index contributed by atoms with van der Waals surface area (Å²) in [6.07, 6.45) is 2.53. The van der Waals surface area contributed by atoms with Gasteiger partial charge in [-0.15, -0.1) is 11.3 Å². The van der Waals surface area contributed by atoms with E-state index >= 15 is 4.39 Å². The first-order valence-electron chi connectivity index (χ1n) is 12.4. The number of hydrogen-bond acceptors (Lipinski definition) is 8. The minimum absolute atomic E-state index is 0.0829. The largest absolute Gasteiger partial charge is 0.446 e. The van der Waals surface area contributed by atoms with Crippen molar-refractivity contribution in [3.63, 3.8) is 0 Å². The van der Waals surface area contributed by atoms with E-state index in [1.165, 1.54) is 11.0 Å². The van der Waals surface area contributed by atoms with Gasteiger partial charge in [0.1, 0.15) is 18.0 Å². The second-order valence-corrected chi connectivity index (χ2v) is 10.7. The zero-order valence-electron chi connectivity index (χ0n) is 20.5. The number of alkyl carbamates (subject to hydrolysis) is 1. The van der Waals surface area contributed by atoms with Crippen molar-refractivity contribution in [1.82, 2.24) is 25.5 Å². The molecule has 10 nitrogen and oxygen atoms in total. The first-order valence-corrected chi connectivity index (χ1v) is 13.3. The third-order valence-corrected chi connectivity index (χ3v) is 8.29. The van der Waals surface area contributed by atoms with Crippen LogP contribution in [0.4, 0.5) is 9.18 Å². The number of benzene rings is 1. The summed E-state index contributed by atoms with van der Waals surface area (Å²) in [4.78, 5) is 59.2. The van der Waals surface area contributed by atoms with Gasteiger partial charge >= 0.3 is 6.09 Å². The van der Waals surface area contributed by atoms with Crippen LogP contribution in [0.1, 0.15) is 64.3 Å². The predicted molar refractivity (Wildman–Crippen MR) is 134 cm³/mol. The number of amides is 4. The van der Waals surface area contributed by atoms with Crippen LogP contribution in [0.25, 0.3) is 10.2 Å². The number of aryl methyl sites for hydroxylation is 1. The minimum atomic E-state index is -0.822. The molecule has 3 aromatic rings. The number of carbonyl (C=O) groups excluding carboxylic acids is 4. The van der Waals surface area contributed by atoms with Crippen LogP contribution in [0.3, 0.4) is 0 Å². The summed E-state index contributed by atoms with van der Waals surface area (Å²) in [5.41, 5.74) is 5.27. The van der Waals surface area contributed by atoms with E-state index in [1.807, 2.05) is 13.1 Å². The van der Waals surface area contributed by atoms with Crippen LogP contribution >= 0.6 is 11.3 Å². The summed E-state index contributed by atoms with van der Waals surface area (Å²) < 4.78 is 21.8. The maximum Gasteiger partial charge on any atom is 0.407 e. The molecule has 0 spiro atoms. The van der Waals surface area contributed by atoms with Gasteiger partial charge in [0.25, 0.3) is 5.91 Å². The standard InChI is InChI=1S/C26H24FN5O5S/c1-12-20(23-18(9-28-12)38-11-30-23)15-6-16(7-15)37-26(36)29-8-13-2-3-14-10-32(25(35)21(14)22(13)27)17-4-5-19(33)31-24(17)34/h2-3,9,11,15-17H,4-8,10H2,1H3,(H,29,36)(H,31,33,34)/t15?,16?,17-/m0/s1. The fourth-order valence-electron chi connectivity index (χ4n) is 5.48. The van der Waals surface area contributed by atoms with Crippen LogP contribution in [-0.4, -0.2) is 50.8 Å². The molecule has 196 valence electrons. The van der Waals surface area contributed by atoms with E-state index in [4.69, 9.17) is 4.74 Å². The Hall–Kier alpha value is -3.93. The zero-order chi connectivity index (χ0) is 26.6. The number of hydrogen-bond donors (Lipinski definition) is 2. The highest BCUT2D eigenvalue weighted by atomic mass is 32.1. The van der Waals surface area contributed by atoms with Crippen molar-refractivity contribution >= 4 is 45.4 Å². The number of fused-ring (bicyclic) bond motifs is 2. The Bertz CT molecular complexity index is 1500. The van der Waals surface area contributed by atoms with Crippen LogP contribution in [0.15, 0.2) is 23.8 Å². The molecule has 0 radical (unpaired) electrons. The second-order valence-electron chi connectivity index (χ2n) is 9.84. The number of thiazole rings is 1. The molecule has 0 unspecified atom stereocenters. The summed E-state index contributed by atoms with van der Waals surface area (Å²) in [5, 5.41) is 4.80. The number of rotatable bonds is 5. The predicted octanol–water partition coefficient (Wildman–Crippen LogP) is 3.07. The van der Waals surface area contributed by atoms with Gasteiger partial charge < -0.3 is 15.0 Å². The quantitative estimate of drug-likeness (QED) is 0.479. The van der Waals surface area contributed by atoms with Crippen molar-refractivity contribution in [2.24, 2.45) is 0 Å². The monoisotopic (exact) mass is 537 g/mol. The minimum Gasteiger partial charge on any atom is -0.446 e. The van der Waals surface area contributed by atoms with E-state index in [0.29, 0.717) is 18.4 Å². The van der Waals surface area contributed by atoms with Crippen LogP contribution in [0.5, 0.6) is 0 Å². The maximum absolute atomic E-state index is 15.3. The van der Waals surface area contributed by atoms with Crippen LogP contribution in [0, 0.1) is 12.7 Å². The van der Waals surface area contributed by atoms with E-state index in [2.05, 4.69) is 20.6 Å². The Morgan fingerprint density at radius 3 is 2.87 bits per heavy atom. The zero-order valence-corrected chi connectivity index (χ0v) is 21.3. The summed E-state index contributed by atoms with van der Waals surface area (Å²) in [5.74, 6) is -2.07. The molecule has 6 rings (SSSR count). The van der Waals surface area contributed by atoms with Gasteiger partial charge in [0.05, 0.1) is 21.3 Å². The van der Waals surface area contributed by atoms with Gasteiger partial charge in [0, 0.05) is 42.5 Å². The molecule has 0 bridgehead atoms. The summed E-state index contributed by atoms with van der Waals surface area (Å²) in [7, 11) is 0. The number of piperidine rings is 1. The molecule has 1 aromatic carbocycles. The van der Waals surface area contributed by atoms with E-state index < -0.39 is 29.8 Å². The molecular weight excluding hydrogens is 513 g/mol. The van der Waals surface area contributed by atoms with Gasteiger partial charge in [-0.1, -0.05) is 12.1 Å². The van der Waals surface area contributed by atoms with Crippen LogP contribution in [-0.2, 0) is 27.4 Å². The summed E-state index contributed by atoms with van der Waals surface area (Å²) in [6.45, 7) is 1.88. The Morgan fingerprint density at radius 1 is 1.26 bits per heavy atom. The van der Waals surface area contributed by atoms with E-state index in [0.717, 1.165) is 21.5 Å². The molecule has 38 heavy (non-hydrogen) atoms. The molecule has 3 aliphatic rings. The Kier molecular flexibility index (Phi) is 6.05. The van der Waals surface area contributed by atoms with E-state index in [-0.39, 0.29) is 55.0 Å². The topological polar surface area (TPSA) is 131 Å². The van der Waals surface area contributed by atoms with Crippen molar-refractivity contribution in [2.75, 3.05) is 0 Å². The Balaban J connectivity index is 1.05. The first kappa shape index (κ1) is 24.4. The molecule has 1 saturated heterocycles. The molecule has 12 heteroatoms. The molecular formula is C26H24FN5O5S. The maximum atomic E-state index is 15.3. The fraction of sp³-hybridized carbons (Fsp3) is 0.385. The first-order chi connectivity index (χ1) is 18.3. The van der Waals surface area contributed by atoms with Gasteiger partial charge in [-0.25, -0.2) is 14.2 Å². The van der Waals surface area contributed by atoms with Gasteiger partial charge in [0.2, 0.25) is 11.8 Å². The molecule has 2 N–H and O–H groups in total. The molecule has 4 amide bonds. The second kappa shape index (κ2) is 9.43. The number of imide groups is 1. The molecule has 2 fully saturated rings. The lowest BCUT2D eigenvalue weighted by atomic mass is 9.76. The highest BCUT2D eigenvalue weighted by molar-refractivity contribution is 7.16. The average molecular weight is 538 g/mol. The number of pyridine rings is 1. The lowest BCUT2D eigenvalue weighted by Crippen LogP contribution is -2.52. The van der Waals surface area contributed by atoms with Gasteiger partial charge in [-0.05, 0) is 37.7 Å². The van der Waals surface area contributed by atoms with Crippen molar-refractivity contribution in [3.05, 3.63) is 57.6 Å². The van der Waals surface area contributed by atoms with Crippen molar-refractivity contribution in [1.29, 1.82) is 0 Å². The summed E-state index contributed by atoms with van der Waals surface area (Å²) >= 11 is 1.54. The van der Waals surface area contributed by atoms with E-state index in [1.54, 1.807) is 22.9 Å². The normalized spacial score (nSPS) is 22.7. The molecule has 2 aliphatic heterocycles.